The van der Waals surface area contributed by atoms with Crippen LogP contribution in [0.5, 0.6) is 0 Å². The van der Waals surface area contributed by atoms with Crippen molar-refractivity contribution < 1.29 is 18.4 Å². The van der Waals surface area contributed by atoms with Gasteiger partial charge in [0.05, 0.1) is 11.9 Å². The third-order valence-electron chi connectivity index (χ3n) is 3.97. The first-order valence-electron chi connectivity index (χ1n) is 7.73. The second-order valence-electron chi connectivity index (χ2n) is 5.62. The SMILES string of the molecule is O=CN1CCN(c2ccc(NC(=O)c3ccc(F)c(F)c3)cn2)CC1. The summed E-state index contributed by atoms with van der Waals surface area (Å²) >= 11 is 0. The Morgan fingerprint density at radius 1 is 1.08 bits per heavy atom. The molecule has 0 aliphatic carbocycles. The maximum absolute atomic E-state index is 13.2. The molecule has 1 aliphatic rings. The molecule has 1 aromatic carbocycles. The molecule has 0 radical (unpaired) electrons. The number of nitrogens with zero attached hydrogens (tertiary/aromatic N) is 3. The van der Waals surface area contributed by atoms with Crippen LogP contribution < -0.4 is 10.2 Å². The molecular weight excluding hydrogens is 330 g/mol. The van der Waals surface area contributed by atoms with Crippen molar-refractivity contribution in [1.82, 2.24) is 9.88 Å². The summed E-state index contributed by atoms with van der Waals surface area (Å²) in [5.74, 6) is -1.88. The Hall–Kier alpha value is -3.03. The van der Waals surface area contributed by atoms with Crippen molar-refractivity contribution in [3.63, 3.8) is 0 Å². The quantitative estimate of drug-likeness (QED) is 0.859. The van der Waals surface area contributed by atoms with Gasteiger partial charge in [0.25, 0.3) is 5.91 Å². The summed E-state index contributed by atoms with van der Waals surface area (Å²) in [6, 6.07) is 6.41. The van der Waals surface area contributed by atoms with E-state index in [0.717, 1.165) is 24.4 Å². The van der Waals surface area contributed by atoms with E-state index in [1.54, 1.807) is 17.0 Å². The van der Waals surface area contributed by atoms with Gasteiger partial charge in [0.2, 0.25) is 6.41 Å². The summed E-state index contributed by atoms with van der Waals surface area (Å²) in [6.45, 7) is 2.65. The number of halogens is 2. The van der Waals surface area contributed by atoms with Crippen LogP contribution in [0.25, 0.3) is 0 Å². The molecule has 0 saturated carbocycles. The topological polar surface area (TPSA) is 65.5 Å². The van der Waals surface area contributed by atoms with Crippen molar-refractivity contribution in [2.24, 2.45) is 0 Å². The van der Waals surface area contributed by atoms with E-state index in [9.17, 15) is 18.4 Å². The van der Waals surface area contributed by atoms with Crippen molar-refractivity contribution >= 4 is 23.8 Å². The van der Waals surface area contributed by atoms with Crippen molar-refractivity contribution in [3.8, 4) is 0 Å². The lowest BCUT2D eigenvalue weighted by Gasteiger charge is -2.33. The lowest BCUT2D eigenvalue weighted by atomic mass is 10.2. The third-order valence-corrected chi connectivity index (χ3v) is 3.97. The van der Waals surface area contributed by atoms with Gasteiger partial charge in [-0.15, -0.1) is 0 Å². The Balaban J connectivity index is 1.63. The number of hydrogen-bond acceptors (Lipinski definition) is 4. The molecular formula is C17H16F2N4O2. The van der Waals surface area contributed by atoms with Crippen molar-refractivity contribution in [2.45, 2.75) is 0 Å². The van der Waals surface area contributed by atoms with Crippen LogP contribution in [-0.4, -0.2) is 48.4 Å². The van der Waals surface area contributed by atoms with Crippen LogP contribution in [0, 0.1) is 11.6 Å². The second-order valence-corrected chi connectivity index (χ2v) is 5.62. The van der Waals surface area contributed by atoms with Crippen LogP contribution in [0.2, 0.25) is 0 Å². The predicted molar refractivity (Wildman–Crippen MR) is 88.4 cm³/mol. The Morgan fingerprint density at radius 3 is 2.44 bits per heavy atom. The Labute approximate surface area is 143 Å². The molecule has 1 saturated heterocycles. The van der Waals surface area contributed by atoms with E-state index in [-0.39, 0.29) is 5.56 Å². The minimum Gasteiger partial charge on any atom is -0.353 e. The Bertz CT molecular complexity index is 775. The van der Waals surface area contributed by atoms with E-state index in [0.29, 0.717) is 31.9 Å². The van der Waals surface area contributed by atoms with Crippen LogP contribution in [-0.2, 0) is 4.79 Å². The highest BCUT2D eigenvalue weighted by atomic mass is 19.2. The van der Waals surface area contributed by atoms with E-state index in [1.807, 2.05) is 4.90 Å². The third kappa shape index (κ3) is 3.90. The Morgan fingerprint density at radius 2 is 1.84 bits per heavy atom. The number of aromatic nitrogens is 1. The lowest BCUT2D eigenvalue weighted by molar-refractivity contribution is -0.118. The maximum Gasteiger partial charge on any atom is 0.255 e. The fourth-order valence-corrected chi connectivity index (χ4v) is 2.54. The van der Waals surface area contributed by atoms with Gasteiger partial charge in [-0.05, 0) is 30.3 Å². The fourth-order valence-electron chi connectivity index (χ4n) is 2.54. The first-order chi connectivity index (χ1) is 12.1. The van der Waals surface area contributed by atoms with Gasteiger partial charge in [-0.3, -0.25) is 9.59 Å². The summed E-state index contributed by atoms with van der Waals surface area (Å²) in [5, 5.41) is 2.59. The van der Waals surface area contributed by atoms with Gasteiger partial charge in [-0.2, -0.15) is 0 Å². The molecule has 1 N–H and O–H groups in total. The molecule has 0 atom stereocenters. The van der Waals surface area contributed by atoms with Crippen LogP contribution in [0.4, 0.5) is 20.3 Å². The summed E-state index contributed by atoms with van der Waals surface area (Å²) in [5.41, 5.74) is 0.470. The minimum atomic E-state index is -1.07. The number of carbonyl (C=O) groups excluding carboxylic acids is 2. The standard InChI is InChI=1S/C17H16F2N4O2/c18-14-3-1-12(9-15(14)19)17(25)21-13-2-4-16(20-10-13)23-7-5-22(11-24)6-8-23/h1-4,9-11H,5-8H2,(H,21,25). The molecule has 2 aromatic rings. The number of pyridine rings is 1. The number of rotatable bonds is 4. The molecule has 1 aliphatic heterocycles. The zero-order valence-electron chi connectivity index (χ0n) is 13.3. The summed E-state index contributed by atoms with van der Waals surface area (Å²) < 4.78 is 26.1. The van der Waals surface area contributed by atoms with Gasteiger partial charge >= 0.3 is 0 Å². The van der Waals surface area contributed by atoms with Crippen molar-refractivity contribution in [1.29, 1.82) is 0 Å². The largest absolute Gasteiger partial charge is 0.353 e. The van der Waals surface area contributed by atoms with Crippen LogP contribution in [0.1, 0.15) is 10.4 Å². The van der Waals surface area contributed by atoms with E-state index >= 15 is 0 Å². The molecule has 1 aromatic heterocycles. The minimum absolute atomic E-state index is 0.0213. The summed E-state index contributed by atoms with van der Waals surface area (Å²) in [7, 11) is 0. The number of amides is 2. The highest BCUT2D eigenvalue weighted by Crippen LogP contribution is 2.17. The molecule has 6 nitrogen and oxygen atoms in total. The molecule has 2 heterocycles. The predicted octanol–water partition coefficient (Wildman–Crippen LogP) is 1.89. The van der Waals surface area contributed by atoms with Crippen molar-refractivity contribution in [2.75, 3.05) is 36.4 Å². The molecule has 25 heavy (non-hydrogen) atoms. The molecule has 130 valence electrons. The average molecular weight is 346 g/mol. The molecule has 2 amide bonds. The first kappa shape index (κ1) is 16.8. The number of carbonyl (C=O) groups is 2. The smallest absolute Gasteiger partial charge is 0.255 e. The number of piperazine rings is 1. The van der Waals surface area contributed by atoms with Gasteiger partial charge in [-0.25, -0.2) is 13.8 Å². The second kappa shape index (κ2) is 7.25. The normalized spacial score (nSPS) is 14.3. The van der Waals surface area contributed by atoms with E-state index in [4.69, 9.17) is 0 Å². The maximum atomic E-state index is 13.2. The molecule has 0 unspecified atom stereocenters. The Kier molecular flexibility index (Phi) is 4.87. The van der Waals surface area contributed by atoms with Crippen LogP contribution in [0.15, 0.2) is 36.5 Å². The zero-order chi connectivity index (χ0) is 17.8. The molecule has 8 heteroatoms. The molecule has 3 rings (SSSR count). The highest BCUT2D eigenvalue weighted by molar-refractivity contribution is 6.04. The number of hydrogen-bond donors (Lipinski definition) is 1. The first-order valence-corrected chi connectivity index (χ1v) is 7.73. The number of anilines is 2. The zero-order valence-corrected chi connectivity index (χ0v) is 13.3. The van der Waals surface area contributed by atoms with E-state index in [2.05, 4.69) is 10.3 Å². The fraction of sp³-hybridized carbons (Fsp3) is 0.235. The summed E-state index contributed by atoms with van der Waals surface area (Å²) in [4.78, 5) is 30.8. The van der Waals surface area contributed by atoms with Gasteiger partial charge in [0.15, 0.2) is 11.6 Å². The van der Waals surface area contributed by atoms with Crippen LogP contribution in [0.3, 0.4) is 0 Å². The lowest BCUT2D eigenvalue weighted by Crippen LogP contribution is -2.46. The monoisotopic (exact) mass is 346 g/mol. The van der Waals surface area contributed by atoms with Gasteiger partial charge < -0.3 is 15.1 Å². The highest BCUT2D eigenvalue weighted by Gasteiger charge is 2.17. The van der Waals surface area contributed by atoms with Crippen LogP contribution >= 0.6 is 0 Å². The van der Waals surface area contributed by atoms with Gasteiger partial charge in [0.1, 0.15) is 5.82 Å². The van der Waals surface area contributed by atoms with Gasteiger partial charge in [0, 0.05) is 31.7 Å². The van der Waals surface area contributed by atoms with E-state index in [1.165, 1.54) is 12.3 Å². The van der Waals surface area contributed by atoms with E-state index < -0.39 is 17.5 Å². The molecule has 1 fully saturated rings. The van der Waals surface area contributed by atoms with Crippen molar-refractivity contribution in [3.05, 3.63) is 53.7 Å². The summed E-state index contributed by atoms with van der Waals surface area (Å²) in [6.07, 6.45) is 2.33. The molecule has 0 spiro atoms. The number of benzene rings is 1. The number of nitrogens with one attached hydrogen (secondary N) is 1. The molecule has 0 bridgehead atoms. The average Bonchev–Trinajstić information content (AvgIpc) is 2.64. The van der Waals surface area contributed by atoms with Gasteiger partial charge in [-0.1, -0.05) is 0 Å².